The summed E-state index contributed by atoms with van der Waals surface area (Å²) in [6.45, 7) is 5.78. The Morgan fingerprint density at radius 3 is 2.59 bits per heavy atom. The Morgan fingerprint density at radius 1 is 1.10 bits per heavy atom. The number of fused-ring (bicyclic) bond motifs is 1. The van der Waals surface area contributed by atoms with Crippen LogP contribution >= 0.6 is 11.6 Å². The molecule has 1 fully saturated rings. The lowest BCUT2D eigenvalue weighted by atomic mass is 10.0. The standard InChI is InChI=1S/C30H29ClN6O2/c1-17-21(16-37(4)35-17)9-11-26(38)29-32-25-10-8-20(27-18(2)36-39-19(27)3)14-24(25)28(33-29)34-30(12-13-30)22-6-5-7-23(31)15-22/h5-8,10,14-16H,9,11-13H2,1-4H3,(H,32,33,34). The molecule has 198 valence electrons. The molecule has 3 heterocycles. The fourth-order valence-electron chi connectivity index (χ4n) is 5.28. The van der Waals surface area contributed by atoms with Gasteiger partial charge in [-0.05, 0) is 81.0 Å². The topological polar surface area (TPSA) is 98.7 Å². The van der Waals surface area contributed by atoms with Crippen LogP contribution in [-0.2, 0) is 19.0 Å². The molecule has 5 aromatic rings. The first-order chi connectivity index (χ1) is 18.7. The Bertz CT molecular complexity index is 1710. The van der Waals surface area contributed by atoms with E-state index in [2.05, 4.69) is 21.6 Å². The fourth-order valence-corrected chi connectivity index (χ4v) is 5.47. The largest absolute Gasteiger partial charge is 0.361 e. The number of ketones is 1. The van der Waals surface area contributed by atoms with Crippen LogP contribution < -0.4 is 5.32 Å². The zero-order valence-electron chi connectivity index (χ0n) is 22.4. The number of aryl methyl sites for hydroxylation is 5. The van der Waals surface area contributed by atoms with Crippen molar-refractivity contribution in [3.63, 3.8) is 0 Å². The maximum absolute atomic E-state index is 13.4. The van der Waals surface area contributed by atoms with E-state index in [9.17, 15) is 4.79 Å². The average molecular weight is 541 g/mol. The first-order valence-corrected chi connectivity index (χ1v) is 13.4. The second kappa shape index (κ2) is 9.61. The van der Waals surface area contributed by atoms with Crippen LogP contribution in [0.3, 0.4) is 0 Å². The summed E-state index contributed by atoms with van der Waals surface area (Å²) in [7, 11) is 1.88. The number of carbonyl (C=O) groups is 1. The van der Waals surface area contributed by atoms with Crippen LogP contribution in [0.1, 0.15) is 58.2 Å². The van der Waals surface area contributed by atoms with Gasteiger partial charge in [0, 0.05) is 35.6 Å². The van der Waals surface area contributed by atoms with Gasteiger partial charge in [-0.25, -0.2) is 9.97 Å². The molecule has 0 atom stereocenters. The van der Waals surface area contributed by atoms with E-state index in [1.807, 2.05) is 70.4 Å². The van der Waals surface area contributed by atoms with Crippen LogP contribution in [0.25, 0.3) is 22.0 Å². The number of nitrogens with one attached hydrogen (secondary N) is 1. The van der Waals surface area contributed by atoms with Crippen molar-refractivity contribution in [2.24, 2.45) is 7.05 Å². The Labute approximate surface area is 231 Å². The van der Waals surface area contributed by atoms with E-state index in [0.717, 1.165) is 57.6 Å². The molecule has 0 spiro atoms. The lowest BCUT2D eigenvalue weighted by Gasteiger charge is -2.21. The second-order valence-corrected chi connectivity index (χ2v) is 10.8. The van der Waals surface area contributed by atoms with Crippen LogP contribution in [0.5, 0.6) is 0 Å². The van der Waals surface area contributed by atoms with Crippen LogP contribution in [0.15, 0.2) is 53.2 Å². The minimum absolute atomic E-state index is 0.106. The van der Waals surface area contributed by atoms with Crippen LogP contribution in [0, 0.1) is 20.8 Å². The van der Waals surface area contributed by atoms with Gasteiger partial charge in [-0.2, -0.15) is 5.10 Å². The highest BCUT2D eigenvalue weighted by molar-refractivity contribution is 6.30. The number of carbonyl (C=O) groups excluding carboxylic acids is 1. The summed E-state index contributed by atoms with van der Waals surface area (Å²) >= 11 is 6.33. The maximum atomic E-state index is 13.4. The first-order valence-electron chi connectivity index (χ1n) is 13.0. The summed E-state index contributed by atoms with van der Waals surface area (Å²) in [5.74, 6) is 1.48. The third-order valence-corrected chi connectivity index (χ3v) is 7.72. The molecule has 1 saturated carbocycles. The summed E-state index contributed by atoms with van der Waals surface area (Å²) in [4.78, 5) is 22.9. The van der Waals surface area contributed by atoms with Crippen LogP contribution in [0.4, 0.5) is 5.82 Å². The molecule has 0 amide bonds. The predicted octanol–water partition coefficient (Wildman–Crippen LogP) is 6.51. The highest BCUT2D eigenvalue weighted by Gasteiger charge is 2.45. The van der Waals surface area contributed by atoms with Gasteiger partial charge in [0.1, 0.15) is 11.6 Å². The summed E-state index contributed by atoms with van der Waals surface area (Å²) in [5, 5.41) is 13.7. The number of rotatable bonds is 8. The van der Waals surface area contributed by atoms with Gasteiger partial charge in [-0.15, -0.1) is 0 Å². The van der Waals surface area contributed by atoms with Crippen molar-refractivity contribution < 1.29 is 9.32 Å². The number of aromatic nitrogens is 5. The van der Waals surface area contributed by atoms with Crippen molar-refractivity contribution in [1.82, 2.24) is 24.9 Å². The van der Waals surface area contributed by atoms with E-state index in [1.54, 1.807) is 4.68 Å². The van der Waals surface area contributed by atoms with Crippen molar-refractivity contribution in [3.05, 3.63) is 87.8 Å². The average Bonchev–Trinajstić information content (AvgIpc) is 3.52. The Morgan fingerprint density at radius 2 is 1.92 bits per heavy atom. The molecule has 39 heavy (non-hydrogen) atoms. The number of Topliss-reactive ketones (excluding diaryl/α,β-unsaturated/α-hetero) is 1. The molecule has 9 heteroatoms. The van der Waals surface area contributed by atoms with Crippen molar-refractivity contribution in [1.29, 1.82) is 0 Å². The molecule has 1 aliphatic carbocycles. The zero-order chi connectivity index (χ0) is 27.3. The van der Waals surface area contributed by atoms with Gasteiger partial charge in [-0.3, -0.25) is 9.48 Å². The van der Waals surface area contributed by atoms with Gasteiger partial charge in [0.15, 0.2) is 11.6 Å². The number of halogens is 1. The van der Waals surface area contributed by atoms with E-state index in [4.69, 9.17) is 26.1 Å². The summed E-state index contributed by atoms with van der Waals surface area (Å²) < 4.78 is 7.18. The Balaban J connectivity index is 1.41. The normalized spacial score (nSPS) is 14.1. The molecule has 0 bridgehead atoms. The van der Waals surface area contributed by atoms with Crippen molar-refractivity contribution in [2.75, 3.05) is 5.32 Å². The molecule has 3 aromatic heterocycles. The highest BCUT2D eigenvalue weighted by Crippen LogP contribution is 2.49. The van der Waals surface area contributed by atoms with Crippen molar-refractivity contribution in [3.8, 4) is 11.1 Å². The quantitative estimate of drug-likeness (QED) is 0.224. The molecule has 0 saturated heterocycles. The van der Waals surface area contributed by atoms with Crippen LogP contribution in [-0.4, -0.2) is 30.7 Å². The molecule has 0 unspecified atom stereocenters. The highest BCUT2D eigenvalue weighted by atomic mass is 35.5. The lowest BCUT2D eigenvalue weighted by molar-refractivity contribution is 0.0973. The molecular formula is C30H29ClN6O2. The number of nitrogens with zero attached hydrogens (tertiary/aromatic N) is 5. The van der Waals surface area contributed by atoms with E-state index in [-0.39, 0.29) is 17.1 Å². The number of hydrogen-bond acceptors (Lipinski definition) is 7. The van der Waals surface area contributed by atoms with E-state index in [1.165, 1.54) is 0 Å². The van der Waals surface area contributed by atoms with Gasteiger partial charge in [0.05, 0.1) is 22.4 Å². The van der Waals surface area contributed by atoms with Crippen LogP contribution in [0.2, 0.25) is 5.02 Å². The van der Waals surface area contributed by atoms with E-state index < -0.39 is 0 Å². The first kappa shape index (κ1) is 25.2. The maximum Gasteiger partial charge on any atom is 0.200 e. The smallest absolute Gasteiger partial charge is 0.200 e. The molecular weight excluding hydrogens is 512 g/mol. The molecule has 1 aliphatic rings. The van der Waals surface area contributed by atoms with Gasteiger partial charge in [0.2, 0.25) is 0 Å². The number of benzene rings is 2. The minimum Gasteiger partial charge on any atom is -0.361 e. The van der Waals surface area contributed by atoms with Gasteiger partial charge >= 0.3 is 0 Å². The van der Waals surface area contributed by atoms with E-state index >= 15 is 0 Å². The van der Waals surface area contributed by atoms with Crippen molar-refractivity contribution >= 4 is 34.1 Å². The molecule has 0 radical (unpaired) electrons. The fraction of sp³-hybridized carbons (Fsp3) is 0.300. The third-order valence-electron chi connectivity index (χ3n) is 7.49. The Hall–Kier alpha value is -4.04. The second-order valence-electron chi connectivity index (χ2n) is 10.4. The molecule has 8 nitrogen and oxygen atoms in total. The molecule has 6 rings (SSSR count). The van der Waals surface area contributed by atoms with E-state index in [0.29, 0.717) is 29.2 Å². The number of hydrogen-bond donors (Lipinski definition) is 1. The number of anilines is 1. The summed E-state index contributed by atoms with van der Waals surface area (Å²) in [6.07, 6.45) is 4.71. The van der Waals surface area contributed by atoms with Gasteiger partial charge in [-0.1, -0.05) is 35.0 Å². The molecule has 0 aliphatic heterocycles. The molecule has 2 aromatic carbocycles. The predicted molar refractivity (Wildman–Crippen MR) is 151 cm³/mol. The summed E-state index contributed by atoms with van der Waals surface area (Å²) in [5.41, 5.74) is 6.21. The Kier molecular flexibility index (Phi) is 6.22. The SMILES string of the molecule is Cc1nn(C)cc1CCC(=O)c1nc(NC2(c3cccc(Cl)c3)CC2)c2cc(-c3c(C)noc3C)ccc2n1. The van der Waals surface area contributed by atoms with Gasteiger partial charge < -0.3 is 9.84 Å². The lowest BCUT2D eigenvalue weighted by Crippen LogP contribution is -2.21. The third kappa shape index (κ3) is 4.81. The van der Waals surface area contributed by atoms with Gasteiger partial charge in [0.25, 0.3) is 0 Å². The monoisotopic (exact) mass is 540 g/mol. The summed E-state index contributed by atoms with van der Waals surface area (Å²) in [6, 6.07) is 13.9. The van der Waals surface area contributed by atoms with Crippen molar-refractivity contribution in [2.45, 2.75) is 52.0 Å². The molecule has 1 N–H and O–H groups in total. The zero-order valence-corrected chi connectivity index (χ0v) is 23.1. The minimum atomic E-state index is -0.293.